The molecule has 2 aliphatic heterocycles. The first kappa shape index (κ1) is 35.4. The van der Waals surface area contributed by atoms with Crippen molar-refractivity contribution < 1.29 is 52.3 Å². The summed E-state index contributed by atoms with van der Waals surface area (Å²) in [4.78, 5) is 50.5. The van der Waals surface area contributed by atoms with Crippen LogP contribution in [-0.2, 0) is 42.9 Å². The molecule has 0 amide bonds. The van der Waals surface area contributed by atoms with E-state index in [4.69, 9.17) is 33.2 Å². The third-order valence-electron chi connectivity index (χ3n) is 11.1. The molecule has 4 aliphatic rings. The van der Waals surface area contributed by atoms with Gasteiger partial charge < -0.3 is 33.2 Å². The van der Waals surface area contributed by atoms with Gasteiger partial charge in [0.25, 0.3) is 0 Å². The minimum absolute atomic E-state index is 0.0231. The fourth-order valence-electron chi connectivity index (χ4n) is 8.37. The van der Waals surface area contributed by atoms with E-state index in [0.717, 1.165) is 19.3 Å². The Balaban J connectivity index is 1.34. The molecule has 2 saturated heterocycles. The van der Waals surface area contributed by atoms with E-state index in [0.29, 0.717) is 42.1 Å². The van der Waals surface area contributed by atoms with Crippen molar-refractivity contribution >= 4 is 30.0 Å². The molecular formula is C37H48O11. The Morgan fingerprint density at radius 2 is 1.71 bits per heavy atom. The van der Waals surface area contributed by atoms with E-state index in [-0.39, 0.29) is 66.9 Å². The Morgan fingerprint density at radius 1 is 0.979 bits per heavy atom. The summed E-state index contributed by atoms with van der Waals surface area (Å²) >= 11 is 0. The molecule has 2 saturated carbocycles. The van der Waals surface area contributed by atoms with Crippen molar-refractivity contribution in [3.05, 3.63) is 41.5 Å². The van der Waals surface area contributed by atoms with Crippen LogP contribution in [0.2, 0.25) is 0 Å². The molecule has 2 aliphatic carbocycles. The maximum atomic E-state index is 12.9. The first-order valence-electron chi connectivity index (χ1n) is 16.9. The van der Waals surface area contributed by atoms with Crippen LogP contribution in [-0.4, -0.2) is 75.7 Å². The fraction of sp³-hybridized carbons (Fsp3) is 0.622. The van der Waals surface area contributed by atoms with Crippen molar-refractivity contribution in [2.24, 2.45) is 22.7 Å². The molecule has 1 spiro atoms. The molecule has 2 unspecified atom stereocenters. The van der Waals surface area contributed by atoms with Gasteiger partial charge in [-0.15, -0.1) is 0 Å². The molecule has 0 aromatic heterocycles. The minimum atomic E-state index is -0.841. The van der Waals surface area contributed by atoms with Crippen LogP contribution in [0.25, 0.3) is 6.08 Å². The number of esters is 4. The van der Waals surface area contributed by atoms with Crippen LogP contribution in [0.15, 0.2) is 35.9 Å². The highest BCUT2D eigenvalue weighted by Gasteiger charge is 2.67. The average molecular weight is 669 g/mol. The lowest BCUT2D eigenvalue weighted by Gasteiger charge is -2.61. The largest absolute Gasteiger partial charge is 0.493 e. The molecule has 5 rings (SSSR count). The highest BCUT2D eigenvalue weighted by molar-refractivity contribution is 5.93. The van der Waals surface area contributed by atoms with Crippen molar-refractivity contribution in [1.29, 1.82) is 0 Å². The molecule has 0 N–H and O–H groups in total. The lowest BCUT2D eigenvalue weighted by molar-refractivity contribution is -0.203. The van der Waals surface area contributed by atoms with E-state index in [9.17, 15) is 19.2 Å². The van der Waals surface area contributed by atoms with E-state index in [2.05, 4.69) is 13.8 Å². The van der Waals surface area contributed by atoms with E-state index >= 15 is 0 Å². The van der Waals surface area contributed by atoms with Gasteiger partial charge >= 0.3 is 23.9 Å². The van der Waals surface area contributed by atoms with Crippen molar-refractivity contribution in [3.8, 4) is 11.5 Å². The second kappa shape index (κ2) is 14.3. The number of hydrogen-bond donors (Lipinski definition) is 0. The third-order valence-corrected chi connectivity index (χ3v) is 11.1. The zero-order valence-electron chi connectivity index (χ0n) is 28.8. The van der Waals surface area contributed by atoms with Gasteiger partial charge in [0.2, 0.25) is 0 Å². The van der Waals surface area contributed by atoms with E-state index < -0.39 is 23.5 Å². The van der Waals surface area contributed by atoms with Crippen molar-refractivity contribution in [3.63, 3.8) is 0 Å². The monoisotopic (exact) mass is 668 g/mol. The molecule has 4 fully saturated rings. The second-order valence-electron chi connectivity index (χ2n) is 13.8. The van der Waals surface area contributed by atoms with E-state index in [1.807, 2.05) is 6.08 Å². The van der Waals surface area contributed by atoms with E-state index in [1.165, 1.54) is 13.2 Å². The van der Waals surface area contributed by atoms with Gasteiger partial charge in [-0.05, 0) is 73.1 Å². The first-order chi connectivity index (χ1) is 22.9. The maximum Gasteiger partial charge on any atom is 0.337 e. The number of epoxide rings is 1. The molecule has 262 valence electrons. The molecule has 1 aromatic rings. The summed E-state index contributed by atoms with van der Waals surface area (Å²) in [5, 5.41) is 0. The number of rotatable bonds is 12. The number of benzene rings is 1. The van der Waals surface area contributed by atoms with Gasteiger partial charge in [0.1, 0.15) is 19.3 Å². The zero-order valence-corrected chi connectivity index (χ0v) is 28.8. The summed E-state index contributed by atoms with van der Waals surface area (Å²) < 4.78 is 39.5. The molecule has 11 nitrogen and oxygen atoms in total. The van der Waals surface area contributed by atoms with Crippen LogP contribution in [0, 0.1) is 22.7 Å². The van der Waals surface area contributed by atoms with Crippen molar-refractivity contribution in [2.75, 3.05) is 34.0 Å². The molecule has 2 heterocycles. The Hall–Kier alpha value is -3.86. The Bertz CT molecular complexity index is 1460. The topological polar surface area (TPSA) is 136 Å². The average Bonchev–Trinajstić information content (AvgIpc) is 3.77. The number of allylic oxidation sites excluding steroid dienone is 1. The molecule has 1 aromatic carbocycles. The zero-order chi connectivity index (χ0) is 34.7. The Labute approximate surface area is 282 Å². The van der Waals surface area contributed by atoms with Crippen LogP contribution >= 0.6 is 0 Å². The van der Waals surface area contributed by atoms with Crippen LogP contribution in [0.1, 0.15) is 78.2 Å². The summed E-state index contributed by atoms with van der Waals surface area (Å²) in [7, 11) is 3.08. The summed E-state index contributed by atoms with van der Waals surface area (Å²) in [6, 6.07) is 5.27. The van der Waals surface area contributed by atoms with Crippen molar-refractivity contribution in [1.82, 2.24) is 0 Å². The summed E-state index contributed by atoms with van der Waals surface area (Å²) in [6.07, 6.45) is 7.60. The maximum absolute atomic E-state index is 12.9. The van der Waals surface area contributed by atoms with Gasteiger partial charge in [0.05, 0.1) is 32.0 Å². The molecule has 7 atom stereocenters. The van der Waals surface area contributed by atoms with Gasteiger partial charge in [-0.2, -0.15) is 0 Å². The minimum Gasteiger partial charge on any atom is -0.493 e. The van der Waals surface area contributed by atoms with Crippen molar-refractivity contribution in [2.45, 2.75) is 90.4 Å². The van der Waals surface area contributed by atoms with Gasteiger partial charge in [-0.3, -0.25) is 9.59 Å². The van der Waals surface area contributed by atoms with Gasteiger partial charge in [0.15, 0.2) is 17.6 Å². The quantitative estimate of drug-likeness (QED) is 0.123. The SMILES string of the molecule is CCC(=O)OC[C@@]1(C)C2CCC3(CO3)[C@@H](C/C=C3\C(=O)OC[C@H]3OC(=O)/C=C/c3ccc(OC)c(OC)c3)[C@@]2(C)CC[C@H]1OC(=O)CC. The Kier molecular flexibility index (Phi) is 10.6. The summed E-state index contributed by atoms with van der Waals surface area (Å²) in [6.45, 7) is 8.59. The standard InChI is InChI=1S/C37H48O11/c1-7-31(38)45-21-36(4)28-15-18-37(22-46-37)29(35(28,3)17-16-30(36)48-32(39)8-2)13-11-24-27(20-44-34(24)41)47-33(40)14-10-23-9-12-25(42-5)26(19-23)43-6/h9-12,14,19,27-30H,7-8,13,15-18,20-22H2,1-6H3/b14-10+,24-11-/t27-,28?,29+,30-,35+,36+,37?/m1/s1. The number of carbonyl (C=O) groups is 4. The molecular weight excluding hydrogens is 620 g/mol. The number of methoxy groups -OCH3 is 2. The normalized spacial score (nSPS) is 33.2. The smallest absolute Gasteiger partial charge is 0.337 e. The second-order valence-corrected chi connectivity index (χ2v) is 13.8. The highest BCUT2D eigenvalue weighted by Crippen LogP contribution is 2.66. The number of carbonyl (C=O) groups excluding carboxylic acids is 4. The number of hydrogen-bond acceptors (Lipinski definition) is 11. The van der Waals surface area contributed by atoms with Gasteiger partial charge in [0, 0.05) is 24.3 Å². The number of fused-ring (bicyclic) bond motifs is 1. The fourth-order valence-corrected chi connectivity index (χ4v) is 8.37. The first-order valence-corrected chi connectivity index (χ1v) is 16.9. The molecule has 0 bridgehead atoms. The predicted molar refractivity (Wildman–Crippen MR) is 174 cm³/mol. The highest BCUT2D eigenvalue weighted by atomic mass is 16.6. The predicted octanol–water partition coefficient (Wildman–Crippen LogP) is 5.38. The lowest BCUT2D eigenvalue weighted by Crippen LogP contribution is -2.61. The van der Waals surface area contributed by atoms with Gasteiger partial charge in [-0.25, -0.2) is 9.59 Å². The third kappa shape index (κ3) is 6.97. The van der Waals surface area contributed by atoms with Crippen LogP contribution < -0.4 is 9.47 Å². The Morgan fingerprint density at radius 3 is 2.38 bits per heavy atom. The van der Waals surface area contributed by atoms with Gasteiger partial charge in [-0.1, -0.05) is 39.8 Å². The van der Waals surface area contributed by atoms with E-state index in [1.54, 1.807) is 45.2 Å². The molecule has 48 heavy (non-hydrogen) atoms. The summed E-state index contributed by atoms with van der Waals surface area (Å²) in [5.41, 5.74) is -0.174. The molecule has 11 heteroatoms. The van der Waals surface area contributed by atoms with Crippen LogP contribution in [0.3, 0.4) is 0 Å². The lowest BCUT2D eigenvalue weighted by atomic mass is 9.45. The van der Waals surface area contributed by atoms with Crippen LogP contribution in [0.4, 0.5) is 0 Å². The summed E-state index contributed by atoms with van der Waals surface area (Å²) in [5.74, 6) is -0.493. The number of ether oxygens (including phenoxy) is 7. The molecule has 0 radical (unpaired) electrons. The van der Waals surface area contributed by atoms with Crippen LogP contribution in [0.5, 0.6) is 11.5 Å². The number of cyclic esters (lactones) is 1.